The lowest BCUT2D eigenvalue weighted by atomic mass is 9.63. The molecule has 0 spiro atoms. The van der Waals surface area contributed by atoms with Gasteiger partial charge in [-0.3, -0.25) is 0 Å². The highest BCUT2D eigenvalue weighted by Crippen LogP contribution is 2.49. The van der Waals surface area contributed by atoms with Gasteiger partial charge >= 0.3 is 5.97 Å². The fraction of sp³-hybridized carbons (Fsp3) is 0.448. The standard InChI is InChI=1S/C29H30F3NO2/c1-2-3-4-5-18-6-7-20-13-21(9-8-19(20)12-18)28-26(31)14-23(15-27(28)32)29(34)35-24-11-10-22(17-33)25(30)16-24/h2-3,10-11,14-16,18-21H,4-9,12-13H2,1H3/b3-2+. The summed E-state index contributed by atoms with van der Waals surface area (Å²) in [6.45, 7) is 2.04. The monoisotopic (exact) mass is 481 g/mol. The summed E-state index contributed by atoms with van der Waals surface area (Å²) in [7, 11) is 0. The highest BCUT2D eigenvalue weighted by atomic mass is 19.1. The number of carbonyl (C=O) groups is 1. The van der Waals surface area contributed by atoms with Gasteiger partial charge in [-0.2, -0.15) is 5.26 Å². The maximum atomic E-state index is 15.1. The highest BCUT2D eigenvalue weighted by Gasteiger charge is 2.37. The van der Waals surface area contributed by atoms with E-state index in [0.717, 1.165) is 56.2 Å². The summed E-state index contributed by atoms with van der Waals surface area (Å²) in [4.78, 5) is 12.4. The summed E-state index contributed by atoms with van der Waals surface area (Å²) in [5.41, 5.74) is -0.411. The molecule has 6 heteroatoms. The van der Waals surface area contributed by atoms with Crippen LogP contribution < -0.4 is 4.74 Å². The molecule has 2 aromatic rings. The van der Waals surface area contributed by atoms with Crippen molar-refractivity contribution in [2.24, 2.45) is 17.8 Å². The van der Waals surface area contributed by atoms with E-state index in [0.29, 0.717) is 11.8 Å². The number of benzene rings is 2. The van der Waals surface area contributed by atoms with Crippen LogP contribution in [0.3, 0.4) is 0 Å². The van der Waals surface area contributed by atoms with Crippen LogP contribution in [0.15, 0.2) is 42.5 Å². The SMILES string of the molecule is C/C=C/CCC1CCC2CC(c3c(F)cc(C(=O)Oc4ccc(C#N)c(F)c4)cc3F)CCC2C1. The Balaban J connectivity index is 1.42. The van der Waals surface area contributed by atoms with Crippen molar-refractivity contribution in [1.82, 2.24) is 0 Å². The summed E-state index contributed by atoms with van der Waals surface area (Å²) in [6.07, 6.45) is 12.6. The number of allylic oxidation sites excluding steroid dienone is 2. The van der Waals surface area contributed by atoms with Gasteiger partial charge < -0.3 is 4.74 Å². The Hall–Kier alpha value is -3.07. The number of ether oxygens (including phenoxy) is 1. The fourth-order valence-electron chi connectivity index (χ4n) is 5.92. The van der Waals surface area contributed by atoms with Crippen LogP contribution >= 0.6 is 0 Å². The van der Waals surface area contributed by atoms with E-state index in [2.05, 4.69) is 12.2 Å². The molecule has 0 amide bonds. The van der Waals surface area contributed by atoms with E-state index < -0.39 is 23.4 Å². The molecule has 0 bridgehead atoms. The molecule has 3 nitrogen and oxygen atoms in total. The van der Waals surface area contributed by atoms with E-state index in [1.165, 1.54) is 31.4 Å². The van der Waals surface area contributed by atoms with Crippen LogP contribution in [0.4, 0.5) is 13.2 Å². The largest absolute Gasteiger partial charge is 0.423 e. The zero-order valence-corrected chi connectivity index (χ0v) is 19.9. The maximum absolute atomic E-state index is 15.1. The number of fused-ring (bicyclic) bond motifs is 1. The van der Waals surface area contributed by atoms with E-state index in [-0.39, 0.29) is 28.4 Å². The molecule has 2 aliphatic carbocycles. The first-order valence-electron chi connectivity index (χ1n) is 12.4. The van der Waals surface area contributed by atoms with Crippen molar-refractivity contribution in [3.05, 3.63) is 76.6 Å². The van der Waals surface area contributed by atoms with Crippen LogP contribution in [0.5, 0.6) is 5.75 Å². The molecule has 2 aromatic carbocycles. The number of nitriles is 1. The van der Waals surface area contributed by atoms with Crippen LogP contribution in [0.25, 0.3) is 0 Å². The molecule has 2 saturated carbocycles. The zero-order chi connectivity index (χ0) is 24.9. The molecule has 0 heterocycles. The van der Waals surface area contributed by atoms with Gasteiger partial charge in [-0.25, -0.2) is 18.0 Å². The molecule has 0 aliphatic heterocycles. The van der Waals surface area contributed by atoms with Gasteiger partial charge in [-0.1, -0.05) is 18.6 Å². The second-order valence-electron chi connectivity index (χ2n) is 9.85. The molecule has 0 N–H and O–H groups in total. The van der Waals surface area contributed by atoms with Crippen LogP contribution in [0.1, 0.15) is 85.7 Å². The molecular weight excluding hydrogens is 451 g/mol. The zero-order valence-electron chi connectivity index (χ0n) is 19.9. The Kier molecular flexibility index (Phi) is 7.95. The van der Waals surface area contributed by atoms with Gasteiger partial charge in [-0.05, 0) is 99.8 Å². The molecule has 2 fully saturated rings. The van der Waals surface area contributed by atoms with Crippen molar-refractivity contribution in [3.63, 3.8) is 0 Å². The average Bonchev–Trinajstić information content (AvgIpc) is 2.84. The predicted octanol–water partition coefficient (Wildman–Crippen LogP) is 7.85. The van der Waals surface area contributed by atoms with Gasteiger partial charge in [0.05, 0.1) is 11.1 Å². The van der Waals surface area contributed by atoms with Crippen molar-refractivity contribution >= 4 is 5.97 Å². The fourth-order valence-corrected chi connectivity index (χ4v) is 5.92. The molecule has 0 radical (unpaired) electrons. The molecule has 0 saturated heterocycles. The third-order valence-electron chi connectivity index (χ3n) is 7.69. The van der Waals surface area contributed by atoms with Crippen LogP contribution in [0.2, 0.25) is 0 Å². The number of hydrogen-bond donors (Lipinski definition) is 0. The molecule has 35 heavy (non-hydrogen) atoms. The second-order valence-corrected chi connectivity index (χ2v) is 9.85. The van der Waals surface area contributed by atoms with Crippen LogP contribution in [0, 0.1) is 46.5 Å². The Morgan fingerprint density at radius 1 is 1.03 bits per heavy atom. The molecule has 4 rings (SSSR count). The van der Waals surface area contributed by atoms with Crippen molar-refractivity contribution < 1.29 is 22.7 Å². The Bertz CT molecular complexity index is 1130. The third-order valence-corrected chi connectivity index (χ3v) is 7.69. The summed E-state index contributed by atoms with van der Waals surface area (Å²) in [5.74, 6) is -1.80. The molecule has 0 aromatic heterocycles. The summed E-state index contributed by atoms with van der Waals surface area (Å²) in [6, 6.07) is 7.01. The lowest BCUT2D eigenvalue weighted by Gasteiger charge is -2.42. The number of carbonyl (C=O) groups excluding carboxylic acids is 1. The number of halogens is 3. The van der Waals surface area contributed by atoms with Gasteiger partial charge in [0.2, 0.25) is 0 Å². The lowest BCUT2D eigenvalue weighted by molar-refractivity contribution is 0.0733. The minimum Gasteiger partial charge on any atom is -0.423 e. The molecular formula is C29H30F3NO2. The lowest BCUT2D eigenvalue weighted by Crippen LogP contribution is -2.31. The number of hydrogen-bond acceptors (Lipinski definition) is 3. The number of rotatable bonds is 6. The second kappa shape index (κ2) is 11.1. The van der Waals surface area contributed by atoms with E-state index >= 15 is 8.78 Å². The summed E-state index contributed by atoms with van der Waals surface area (Å²) in [5, 5.41) is 8.80. The van der Waals surface area contributed by atoms with Gasteiger partial charge in [0, 0.05) is 11.6 Å². The summed E-state index contributed by atoms with van der Waals surface area (Å²) >= 11 is 0. The number of esters is 1. The van der Waals surface area contributed by atoms with Gasteiger partial charge in [0.25, 0.3) is 0 Å². The van der Waals surface area contributed by atoms with E-state index in [9.17, 15) is 9.18 Å². The van der Waals surface area contributed by atoms with Gasteiger partial charge in [0.1, 0.15) is 29.3 Å². The van der Waals surface area contributed by atoms with E-state index in [4.69, 9.17) is 10.00 Å². The Labute approximate surface area is 204 Å². The first-order valence-corrected chi connectivity index (χ1v) is 12.4. The molecule has 4 atom stereocenters. The highest BCUT2D eigenvalue weighted by molar-refractivity contribution is 5.91. The van der Waals surface area contributed by atoms with Crippen molar-refractivity contribution in [1.29, 1.82) is 5.26 Å². The van der Waals surface area contributed by atoms with Crippen molar-refractivity contribution in [2.45, 2.75) is 64.2 Å². The van der Waals surface area contributed by atoms with Crippen molar-refractivity contribution in [3.8, 4) is 11.8 Å². The number of nitrogens with zero attached hydrogens (tertiary/aromatic N) is 1. The minimum absolute atomic E-state index is 0.0552. The van der Waals surface area contributed by atoms with E-state index in [1.807, 2.05) is 6.92 Å². The molecule has 2 aliphatic rings. The Morgan fingerprint density at radius 3 is 2.43 bits per heavy atom. The normalized spacial score (nSPS) is 24.1. The van der Waals surface area contributed by atoms with Crippen LogP contribution in [-0.2, 0) is 0 Å². The van der Waals surface area contributed by atoms with Gasteiger partial charge in [-0.15, -0.1) is 0 Å². The topological polar surface area (TPSA) is 50.1 Å². The van der Waals surface area contributed by atoms with Crippen molar-refractivity contribution in [2.75, 3.05) is 0 Å². The Morgan fingerprint density at radius 2 is 1.74 bits per heavy atom. The summed E-state index contributed by atoms with van der Waals surface area (Å²) < 4.78 is 49.0. The van der Waals surface area contributed by atoms with Crippen LogP contribution in [-0.4, -0.2) is 5.97 Å². The average molecular weight is 482 g/mol. The predicted molar refractivity (Wildman–Crippen MR) is 127 cm³/mol. The van der Waals surface area contributed by atoms with E-state index in [1.54, 1.807) is 6.07 Å². The maximum Gasteiger partial charge on any atom is 0.343 e. The smallest absolute Gasteiger partial charge is 0.343 e. The first kappa shape index (κ1) is 25.0. The first-order chi connectivity index (χ1) is 16.9. The molecule has 184 valence electrons. The third kappa shape index (κ3) is 5.78. The minimum atomic E-state index is -0.988. The molecule has 4 unspecified atom stereocenters. The van der Waals surface area contributed by atoms with Gasteiger partial charge in [0.15, 0.2) is 0 Å². The quantitative estimate of drug-likeness (QED) is 0.240.